The molecule has 0 fully saturated rings. The van der Waals surface area contributed by atoms with Crippen molar-refractivity contribution in [1.82, 2.24) is 4.90 Å². The number of rotatable bonds is 3. The van der Waals surface area contributed by atoms with Crippen molar-refractivity contribution in [2.24, 2.45) is 0 Å². The molecule has 0 aliphatic heterocycles. The molecule has 1 heterocycles. The second kappa shape index (κ2) is 5.49. The lowest BCUT2D eigenvalue weighted by Gasteiger charge is -2.18. The molecule has 3 nitrogen and oxygen atoms in total. The maximum atomic E-state index is 12.2. The summed E-state index contributed by atoms with van der Waals surface area (Å²) in [6.45, 7) is 4.65. The second-order valence-electron chi connectivity index (χ2n) is 4.70. The van der Waals surface area contributed by atoms with E-state index in [-0.39, 0.29) is 11.1 Å². The number of carbonyl (C=O) groups excluding carboxylic acids is 1. The highest BCUT2D eigenvalue weighted by Crippen LogP contribution is 2.20. The zero-order chi connectivity index (χ0) is 14.0. The average molecular weight is 278 g/mol. The summed E-state index contributed by atoms with van der Waals surface area (Å²) in [5, 5.41) is 0.137. The van der Waals surface area contributed by atoms with E-state index >= 15 is 0 Å². The minimum Gasteiger partial charge on any atom is -0.452 e. The Morgan fingerprint density at radius 1 is 1.32 bits per heavy atom. The highest BCUT2D eigenvalue weighted by atomic mass is 35.5. The van der Waals surface area contributed by atoms with E-state index in [1.807, 2.05) is 19.1 Å². The van der Waals surface area contributed by atoms with Gasteiger partial charge in [-0.25, -0.2) is 0 Å². The zero-order valence-corrected chi connectivity index (χ0v) is 12.0. The summed E-state index contributed by atoms with van der Waals surface area (Å²) in [5.74, 6) is -0.140. The van der Waals surface area contributed by atoms with Crippen LogP contribution in [0.1, 0.15) is 27.0 Å². The summed E-state index contributed by atoms with van der Waals surface area (Å²) in [6, 6.07) is 7.79. The molecule has 2 aromatic rings. The fourth-order valence-electron chi connectivity index (χ4n) is 2.00. The monoisotopic (exact) mass is 277 g/mol. The molecule has 0 atom stereocenters. The number of carbonyl (C=O) groups is 1. The van der Waals surface area contributed by atoms with Gasteiger partial charge >= 0.3 is 0 Å². The van der Waals surface area contributed by atoms with Gasteiger partial charge in [0, 0.05) is 13.6 Å². The first kappa shape index (κ1) is 13.7. The number of hydrogen-bond acceptors (Lipinski definition) is 2. The SMILES string of the molecule is Cc1ccc(CN(C)C(=O)c2ccoc2Cl)c(C)c1. The van der Waals surface area contributed by atoms with Gasteiger partial charge in [0.15, 0.2) is 0 Å². The summed E-state index contributed by atoms with van der Waals surface area (Å²) in [6.07, 6.45) is 1.42. The quantitative estimate of drug-likeness (QED) is 0.854. The van der Waals surface area contributed by atoms with Crippen LogP contribution in [0.5, 0.6) is 0 Å². The molecule has 0 saturated carbocycles. The lowest BCUT2D eigenvalue weighted by Crippen LogP contribution is -2.26. The van der Waals surface area contributed by atoms with Crippen LogP contribution < -0.4 is 0 Å². The van der Waals surface area contributed by atoms with Gasteiger partial charge in [-0.2, -0.15) is 0 Å². The Morgan fingerprint density at radius 3 is 2.63 bits per heavy atom. The van der Waals surface area contributed by atoms with Gasteiger partial charge in [0.25, 0.3) is 5.91 Å². The summed E-state index contributed by atoms with van der Waals surface area (Å²) < 4.78 is 4.94. The molecule has 0 saturated heterocycles. The molecule has 0 aliphatic carbocycles. The van der Waals surface area contributed by atoms with Crippen LogP contribution in [0, 0.1) is 13.8 Å². The van der Waals surface area contributed by atoms with Crippen LogP contribution in [0.4, 0.5) is 0 Å². The predicted octanol–water partition coefficient (Wildman–Crippen LogP) is 3.82. The van der Waals surface area contributed by atoms with E-state index < -0.39 is 0 Å². The molecule has 0 aliphatic rings. The highest BCUT2D eigenvalue weighted by Gasteiger charge is 2.17. The van der Waals surface area contributed by atoms with Gasteiger partial charge in [-0.3, -0.25) is 4.79 Å². The van der Waals surface area contributed by atoms with Crippen molar-refractivity contribution in [1.29, 1.82) is 0 Å². The van der Waals surface area contributed by atoms with E-state index in [4.69, 9.17) is 16.0 Å². The van der Waals surface area contributed by atoms with Gasteiger partial charge < -0.3 is 9.32 Å². The Kier molecular flexibility index (Phi) is 3.96. The lowest BCUT2D eigenvalue weighted by atomic mass is 10.1. The smallest absolute Gasteiger partial charge is 0.258 e. The molecular weight excluding hydrogens is 262 g/mol. The van der Waals surface area contributed by atoms with Crippen LogP contribution in [-0.4, -0.2) is 17.9 Å². The Morgan fingerprint density at radius 2 is 2.05 bits per heavy atom. The fraction of sp³-hybridized carbons (Fsp3) is 0.267. The van der Waals surface area contributed by atoms with Crippen molar-refractivity contribution in [3.8, 4) is 0 Å². The molecule has 100 valence electrons. The standard InChI is InChI=1S/C15H16ClNO2/c1-10-4-5-12(11(2)8-10)9-17(3)15(18)13-6-7-19-14(13)16/h4-8H,9H2,1-3H3. The number of nitrogens with zero attached hydrogens (tertiary/aromatic N) is 1. The van der Waals surface area contributed by atoms with Gasteiger partial charge in [0.05, 0.1) is 11.8 Å². The molecule has 2 rings (SSSR count). The Bertz CT molecular complexity index is 604. The van der Waals surface area contributed by atoms with Crippen molar-refractivity contribution >= 4 is 17.5 Å². The number of furan rings is 1. The van der Waals surface area contributed by atoms with Crippen molar-refractivity contribution in [3.05, 3.63) is 58.0 Å². The normalized spacial score (nSPS) is 10.5. The number of benzene rings is 1. The van der Waals surface area contributed by atoms with E-state index in [2.05, 4.69) is 13.0 Å². The summed E-state index contributed by atoms with van der Waals surface area (Å²) >= 11 is 5.82. The third-order valence-corrected chi connectivity index (χ3v) is 3.39. The second-order valence-corrected chi connectivity index (χ2v) is 5.04. The first-order valence-electron chi connectivity index (χ1n) is 6.03. The van der Waals surface area contributed by atoms with Crippen LogP contribution in [0.15, 0.2) is 34.9 Å². The van der Waals surface area contributed by atoms with Crippen LogP contribution in [0.2, 0.25) is 5.22 Å². The number of aryl methyl sites for hydroxylation is 2. The van der Waals surface area contributed by atoms with E-state index in [0.717, 1.165) is 5.56 Å². The van der Waals surface area contributed by atoms with Gasteiger partial charge in [-0.05, 0) is 42.6 Å². The van der Waals surface area contributed by atoms with Crippen LogP contribution >= 0.6 is 11.6 Å². The van der Waals surface area contributed by atoms with Crippen LogP contribution in [0.25, 0.3) is 0 Å². The molecule has 0 radical (unpaired) electrons. The number of amides is 1. The molecule has 1 aromatic carbocycles. The van der Waals surface area contributed by atoms with Gasteiger partial charge in [0.1, 0.15) is 0 Å². The first-order chi connectivity index (χ1) is 8.99. The predicted molar refractivity (Wildman–Crippen MR) is 75.4 cm³/mol. The minimum absolute atomic E-state index is 0.137. The molecule has 1 amide bonds. The first-order valence-corrected chi connectivity index (χ1v) is 6.41. The van der Waals surface area contributed by atoms with E-state index in [1.54, 1.807) is 18.0 Å². The molecular formula is C15H16ClNO2. The molecule has 0 spiro atoms. The van der Waals surface area contributed by atoms with Crippen molar-refractivity contribution in [3.63, 3.8) is 0 Å². The molecule has 0 unspecified atom stereocenters. The molecule has 1 aromatic heterocycles. The highest BCUT2D eigenvalue weighted by molar-refractivity contribution is 6.32. The third-order valence-electron chi connectivity index (χ3n) is 3.10. The Balaban J connectivity index is 2.15. The largest absolute Gasteiger partial charge is 0.452 e. The molecule has 19 heavy (non-hydrogen) atoms. The topological polar surface area (TPSA) is 33.5 Å². The van der Waals surface area contributed by atoms with Crippen molar-refractivity contribution in [2.45, 2.75) is 20.4 Å². The Labute approximate surface area is 117 Å². The van der Waals surface area contributed by atoms with E-state index in [9.17, 15) is 4.79 Å². The molecule has 4 heteroatoms. The van der Waals surface area contributed by atoms with Crippen molar-refractivity contribution < 1.29 is 9.21 Å². The van der Waals surface area contributed by atoms with Crippen LogP contribution in [-0.2, 0) is 6.54 Å². The van der Waals surface area contributed by atoms with E-state index in [0.29, 0.717) is 12.1 Å². The number of halogens is 1. The third kappa shape index (κ3) is 2.99. The lowest BCUT2D eigenvalue weighted by molar-refractivity contribution is 0.0784. The van der Waals surface area contributed by atoms with Crippen molar-refractivity contribution in [2.75, 3.05) is 7.05 Å². The van der Waals surface area contributed by atoms with Gasteiger partial charge in [0.2, 0.25) is 5.22 Å². The molecule has 0 bridgehead atoms. The molecule has 0 N–H and O–H groups in total. The number of hydrogen-bond donors (Lipinski definition) is 0. The zero-order valence-electron chi connectivity index (χ0n) is 11.2. The minimum atomic E-state index is -0.140. The van der Waals surface area contributed by atoms with Crippen LogP contribution in [0.3, 0.4) is 0 Å². The summed E-state index contributed by atoms with van der Waals surface area (Å²) in [4.78, 5) is 13.8. The van der Waals surface area contributed by atoms with Gasteiger partial charge in [-0.15, -0.1) is 0 Å². The summed E-state index contributed by atoms with van der Waals surface area (Å²) in [5.41, 5.74) is 3.92. The Hall–Kier alpha value is -1.74. The fourth-order valence-corrected chi connectivity index (χ4v) is 2.20. The maximum absolute atomic E-state index is 12.2. The van der Waals surface area contributed by atoms with E-state index in [1.165, 1.54) is 17.4 Å². The maximum Gasteiger partial charge on any atom is 0.258 e. The van der Waals surface area contributed by atoms with Gasteiger partial charge in [-0.1, -0.05) is 23.8 Å². The summed E-state index contributed by atoms with van der Waals surface area (Å²) in [7, 11) is 1.75. The average Bonchev–Trinajstić information content (AvgIpc) is 2.78.